The lowest BCUT2D eigenvalue weighted by atomic mass is 10.0. The van der Waals surface area contributed by atoms with E-state index in [1.165, 1.54) is 12.8 Å². The van der Waals surface area contributed by atoms with Crippen LogP contribution in [0.5, 0.6) is 0 Å². The molecule has 2 nitrogen and oxygen atoms in total. The van der Waals surface area contributed by atoms with Crippen molar-refractivity contribution in [2.24, 2.45) is 5.92 Å². The van der Waals surface area contributed by atoms with E-state index in [0.29, 0.717) is 6.04 Å². The SMILES string of the molecule is CC(C)CCC(C)Nc1ncccc1Br. The van der Waals surface area contributed by atoms with Gasteiger partial charge in [0.25, 0.3) is 0 Å². The summed E-state index contributed by atoms with van der Waals surface area (Å²) in [6.45, 7) is 6.70. The van der Waals surface area contributed by atoms with Crippen LogP contribution in [-0.4, -0.2) is 11.0 Å². The molecule has 15 heavy (non-hydrogen) atoms. The normalized spacial score (nSPS) is 12.9. The van der Waals surface area contributed by atoms with Gasteiger partial charge in [-0.1, -0.05) is 13.8 Å². The number of pyridine rings is 1. The summed E-state index contributed by atoms with van der Waals surface area (Å²) in [6.07, 6.45) is 4.24. The summed E-state index contributed by atoms with van der Waals surface area (Å²) in [5.74, 6) is 1.70. The van der Waals surface area contributed by atoms with Crippen LogP contribution in [0.2, 0.25) is 0 Å². The second kappa shape index (κ2) is 6.11. The second-order valence-electron chi connectivity index (χ2n) is 4.35. The summed E-state index contributed by atoms with van der Waals surface area (Å²) in [5, 5.41) is 3.41. The van der Waals surface area contributed by atoms with Gasteiger partial charge in [-0.05, 0) is 53.7 Å². The van der Waals surface area contributed by atoms with E-state index in [4.69, 9.17) is 0 Å². The molecule has 0 aliphatic rings. The molecule has 1 aromatic rings. The zero-order valence-electron chi connectivity index (χ0n) is 9.63. The minimum Gasteiger partial charge on any atom is -0.367 e. The number of hydrogen-bond donors (Lipinski definition) is 1. The first-order chi connectivity index (χ1) is 7.09. The van der Waals surface area contributed by atoms with Gasteiger partial charge >= 0.3 is 0 Å². The molecule has 0 amide bonds. The molecule has 0 radical (unpaired) electrons. The smallest absolute Gasteiger partial charge is 0.140 e. The van der Waals surface area contributed by atoms with E-state index in [-0.39, 0.29) is 0 Å². The Morgan fingerprint density at radius 1 is 1.33 bits per heavy atom. The molecule has 1 unspecified atom stereocenters. The van der Waals surface area contributed by atoms with Crippen molar-refractivity contribution in [2.75, 3.05) is 5.32 Å². The summed E-state index contributed by atoms with van der Waals surface area (Å²) in [6, 6.07) is 4.40. The van der Waals surface area contributed by atoms with Gasteiger partial charge in [0.1, 0.15) is 5.82 Å². The number of hydrogen-bond acceptors (Lipinski definition) is 2. The lowest BCUT2D eigenvalue weighted by molar-refractivity contribution is 0.527. The molecule has 0 aromatic carbocycles. The molecule has 0 aliphatic heterocycles. The maximum atomic E-state index is 4.29. The van der Waals surface area contributed by atoms with Crippen molar-refractivity contribution >= 4 is 21.7 Å². The zero-order chi connectivity index (χ0) is 11.3. The summed E-state index contributed by atoms with van der Waals surface area (Å²) >= 11 is 3.48. The molecule has 0 fully saturated rings. The lowest BCUT2D eigenvalue weighted by Gasteiger charge is -2.16. The average Bonchev–Trinajstić information content (AvgIpc) is 2.18. The van der Waals surface area contributed by atoms with Crippen molar-refractivity contribution in [3.63, 3.8) is 0 Å². The highest BCUT2D eigenvalue weighted by Gasteiger charge is 2.06. The predicted octanol–water partition coefficient (Wildman–Crippen LogP) is 4.08. The van der Waals surface area contributed by atoms with Gasteiger partial charge in [-0.15, -0.1) is 0 Å². The van der Waals surface area contributed by atoms with E-state index < -0.39 is 0 Å². The number of anilines is 1. The van der Waals surface area contributed by atoms with Crippen LogP contribution in [0.25, 0.3) is 0 Å². The Hall–Kier alpha value is -0.570. The van der Waals surface area contributed by atoms with Crippen molar-refractivity contribution in [2.45, 2.75) is 39.7 Å². The van der Waals surface area contributed by atoms with E-state index in [1.807, 2.05) is 18.3 Å². The molecule has 0 saturated carbocycles. The largest absolute Gasteiger partial charge is 0.367 e. The topological polar surface area (TPSA) is 24.9 Å². The van der Waals surface area contributed by atoms with E-state index in [1.54, 1.807) is 0 Å². The van der Waals surface area contributed by atoms with Crippen molar-refractivity contribution in [1.82, 2.24) is 4.98 Å². The monoisotopic (exact) mass is 270 g/mol. The van der Waals surface area contributed by atoms with Crippen LogP contribution in [0.3, 0.4) is 0 Å². The van der Waals surface area contributed by atoms with Gasteiger partial charge in [-0.3, -0.25) is 0 Å². The van der Waals surface area contributed by atoms with Gasteiger partial charge in [0.05, 0.1) is 4.47 Å². The number of halogens is 1. The van der Waals surface area contributed by atoms with Gasteiger partial charge < -0.3 is 5.32 Å². The van der Waals surface area contributed by atoms with Crippen molar-refractivity contribution in [3.8, 4) is 0 Å². The molecule has 1 aromatic heterocycles. The third kappa shape index (κ3) is 4.65. The van der Waals surface area contributed by atoms with Crippen LogP contribution in [-0.2, 0) is 0 Å². The molecule has 84 valence electrons. The first-order valence-corrected chi connectivity index (χ1v) is 6.26. The van der Waals surface area contributed by atoms with E-state index >= 15 is 0 Å². The number of aromatic nitrogens is 1. The first-order valence-electron chi connectivity index (χ1n) is 5.46. The number of nitrogens with one attached hydrogen (secondary N) is 1. The molecule has 1 heterocycles. The molecular weight excluding hydrogens is 252 g/mol. The summed E-state index contributed by atoms with van der Waals surface area (Å²) in [4.78, 5) is 4.29. The quantitative estimate of drug-likeness (QED) is 0.872. The summed E-state index contributed by atoms with van der Waals surface area (Å²) in [7, 11) is 0. The van der Waals surface area contributed by atoms with Gasteiger partial charge in [0, 0.05) is 12.2 Å². The minimum absolute atomic E-state index is 0.471. The predicted molar refractivity (Wildman–Crippen MR) is 69.1 cm³/mol. The fraction of sp³-hybridized carbons (Fsp3) is 0.583. The highest BCUT2D eigenvalue weighted by Crippen LogP contribution is 2.20. The Bertz CT molecular complexity index is 299. The van der Waals surface area contributed by atoms with E-state index in [0.717, 1.165) is 16.2 Å². The molecule has 0 bridgehead atoms. The highest BCUT2D eigenvalue weighted by molar-refractivity contribution is 9.10. The molecule has 1 atom stereocenters. The van der Waals surface area contributed by atoms with Crippen LogP contribution in [0.1, 0.15) is 33.6 Å². The summed E-state index contributed by atoms with van der Waals surface area (Å²) < 4.78 is 1.03. The lowest BCUT2D eigenvalue weighted by Crippen LogP contribution is -2.16. The van der Waals surface area contributed by atoms with Gasteiger partial charge in [0.2, 0.25) is 0 Å². The Morgan fingerprint density at radius 2 is 2.07 bits per heavy atom. The van der Waals surface area contributed by atoms with Crippen molar-refractivity contribution in [1.29, 1.82) is 0 Å². The number of nitrogens with zero attached hydrogens (tertiary/aromatic N) is 1. The third-order valence-electron chi connectivity index (χ3n) is 2.32. The first kappa shape index (κ1) is 12.5. The zero-order valence-corrected chi connectivity index (χ0v) is 11.2. The maximum absolute atomic E-state index is 4.29. The Kier molecular flexibility index (Phi) is 5.09. The molecule has 0 saturated heterocycles. The van der Waals surface area contributed by atoms with Gasteiger partial charge in [-0.2, -0.15) is 0 Å². The standard InChI is InChI=1S/C12H19BrN2/c1-9(2)6-7-10(3)15-12-11(13)5-4-8-14-12/h4-5,8-10H,6-7H2,1-3H3,(H,14,15). The Labute approximate surface area is 101 Å². The van der Waals surface area contributed by atoms with Crippen LogP contribution < -0.4 is 5.32 Å². The summed E-state index contributed by atoms with van der Waals surface area (Å²) in [5.41, 5.74) is 0. The molecule has 0 spiro atoms. The van der Waals surface area contributed by atoms with E-state index in [2.05, 4.69) is 47.0 Å². The molecule has 1 rings (SSSR count). The van der Waals surface area contributed by atoms with Gasteiger partial charge in [0.15, 0.2) is 0 Å². The average molecular weight is 271 g/mol. The van der Waals surface area contributed by atoms with Crippen LogP contribution in [0, 0.1) is 5.92 Å². The van der Waals surface area contributed by atoms with Gasteiger partial charge in [-0.25, -0.2) is 4.98 Å². The Balaban J connectivity index is 2.44. The Morgan fingerprint density at radius 3 is 2.67 bits per heavy atom. The third-order valence-corrected chi connectivity index (χ3v) is 2.96. The van der Waals surface area contributed by atoms with Crippen molar-refractivity contribution < 1.29 is 0 Å². The molecule has 1 N–H and O–H groups in total. The molecule has 3 heteroatoms. The van der Waals surface area contributed by atoms with E-state index in [9.17, 15) is 0 Å². The fourth-order valence-corrected chi connectivity index (χ4v) is 1.75. The molecular formula is C12H19BrN2. The maximum Gasteiger partial charge on any atom is 0.140 e. The van der Waals surface area contributed by atoms with Crippen LogP contribution >= 0.6 is 15.9 Å². The highest BCUT2D eigenvalue weighted by atomic mass is 79.9. The van der Waals surface area contributed by atoms with Crippen molar-refractivity contribution in [3.05, 3.63) is 22.8 Å². The minimum atomic E-state index is 0.471. The fourth-order valence-electron chi connectivity index (χ4n) is 1.38. The molecule has 0 aliphatic carbocycles. The number of rotatable bonds is 5. The van der Waals surface area contributed by atoms with Crippen LogP contribution in [0.4, 0.5) is 5.82 Å². The second-order valence-corrected chi connectivity index (χ2v) is 5.20. The van der Waals surface area contributed by atoms with Crippen LogP contribution in [0.15, 0.2) is 22.8 Å².